The number of anilines is 1. The van der Waals surface area contributed by atoms with Gasteiger partial charge < -0.3 is 21.5 Å². The molecule has 1 amide bonds. The van der Waals surface area contributed by atoms with Crippen molar-refractivity contribution in [3.8, 4) is 11.5 Å². The van der Waals surface area contributed by atoms with Gasteiger partial charge in [0.25, 0.3) is 5.91 Å². The van der Waals surface area contributed by atoms with Gasteiger partial charge in [0.1, 0.15) is 16.4 Å². The largest absolute Gasteiger partial charge is 0.454 e. The van der Waals surface area contributed by atoms with Crippen LogP contribution in [-0.2, 0) is 22.1 Å². The molecule has 0 spiro atoms. The van der Waals surface area contributed by atoms with Crippen molar-refractivity contribution in [3.63, 3.8) is 0 Å². The molecule has 8 nitrogen and oxygen atoms in total. The van der Waals surface area contributed by atoms with E-state index in [0.717, 1.165) is 4.88 Å². The molecule has 2 heterocycles. The molecule has 0 radical (unpaired) electrons. The van der Waals surface area contributed by atoms with Gasteiger partial charge in [-0.25, -0.2) is 8.42 Å². The van der Waals surface area contributed by atoms with E-state index < -0.39 is 21.7 Å². The van der Waals surface area contributed by atoms with Gasteiger partial charge >= 0.3 is 0 Å². The summed E-state index contributed by atoms with van der Waals surface area (Å²) in [5, 5.41) is 3.56. The Hall–Kier alpha value is -3.08. The molecular weight excluding hydrogens is 484 g/mol. The molecule has 1 aromatic heterocycles. The maximum Gasteiger partial charge on any atom is 0.280 e. The minimum Gasteiger partial charge on any atom is -0.454 e. The molecule has 0 saturated heterocycles. The number of aliphatic imine (C=N–C) groups is 1. The Morgan fingerprint density at radius 2 is 1.94 bits per heavy atom. The Bertz CT molecular complexity index is 1410. The number of hydrogen-bond donors (Lipinski definition) is 3. The highest BCUT2D eigenvalue weighted by Crippen LogP contribution is 2.44. The summed E-state index contributed by atoms with van der Waals surface area (Å²) in [5.74, 6) is -1.12. The van der Waals surface area contributed by atoms with E-state index in [2.05, 4.69) is 10.3 Å². The molecule has 4 rings (SSSR count). The fourth-order valence-corrected chi connectivity index (χ4v) is 6.22. The maximum atomic E-state index is 13.3. The molecule has 0 saturated carbocycles. The lowest BCUT2D eigenvalue weighted by atomic mass is 10.1. The minimum absolute atomic E-state index is 0.0393. The van der Waals surface area contributed by atoms with E-state index in [0.29, 0.717) is 23.4 Å². The number of fused-ring (bicyclic) bond motifs is 2. The molecule has 1 aliphatic heterocycles. The number of halogens is 1. The van der Waals surface area contributed by atoms with Crippen LogP contribution in [0.1, 0.15) is 31.2 Å². The number of hydrogen-bond acceptors (Lipinski definition) is 6. The lowest BCUT2D eigenvalue weighted by Crippen LogP contribution is -2.24. The van der Waals surface area contributed by atoms with Crippen molar-refractivity contribution in [2.75, 3.05) is 5.32 Å². The number of carbonyl (C=O) groups excluding carboxylic acids is 1. The van der Waals surface area contributed by atoms with E-state index in [-0.39, 0.29) is 32.7 Å². The third-order valence-electron chi connectivity index (χ3n) is 4.99. The first kappa shape index (κ1) is 23.1. The molecule has 2 aromatic carbocycles. The van der Waals surface area contributed by atoms with E-state index in [1.54, 1.807) is 30.4 Å². The number of ether oxygens (including phenoxy) is 1. The summed E-state index contributed by atoms with van der Waals surface area (Å²) in [5.41, 5.74) is 12.1. The monoisotopic (exact) mass is 504 g/mol. The van der Waals surface area contributed by atoms with E-state index in [9.17, 15) is 13.2 Å². The summed E-state index contributed by atoms with van der Waals surface area (Å²) in [6.07, 6.45) is 0. The molecule has 1 aliphatic rings. The first-order chi connectivity index (χ1) is 15.5. The molecule has 3 aromatic rings. The molecule has 0 atom stereocenters. The number of carbonyl (C=O) groups is 1. The maximum absolute atomic E-state index is 13.3. The predicted molar refractivity (Wildman–Crippen MR) is 130 cm³/mol. The molecule has 0 fully saturated rings. The van der Waals surface area contributed by atoms with Crippen LogP contribution in [0.15, 0.2) is 46.3 Å². The highest BCUT2D eigenvalue weighted by atomic mass is 35.5. The molecule has 33 heavy (non-hydrogen) atoms. The summed E-state index contributed by atoms with van der Waals surface area (Å²) in [4.78, 5) is 18.0. The second-order valence-electron chi connectivity index (χ2n) is 7.64. The van der Waals surface area contributed by atoms with E-state index in [1.807, 2.05) is 19.1 Å². The Morgan fingerprint density at radius 1 is 1.18 bits per heavy atom. The van der Waals surface area contributed by atoms with Crippen LogP contribution in [0.25, 0.3) is 0 Å². The van der Waals surface area contributed by atoms with E-state index in [1.165, 1.54) is 17.0 Å². The van der Waals surface area contributed by atoms with Gasteiger partial charge in [0.15, 0.2) is 15.8 Å². The lowest BCUT2D eigenvalue weighted by molar-refractivity contribution is 0.100. The summed E-state index contributed by atoms with van der Waals surface area (Å²) in [6.45, 7) is 4.25. The summed E-state index contributed by atoms with van der Waals surface area (Å²) < 4.78 is 32.5. The third kappa shape index (κ3) is 4.82. The predicted octanol–water partition coefficient (Wildman–Crippen LogP) is 4.12. The van der Waals surface area contributed by atoms with E-state index in [4.69, 9.17) is 27.8 Å². The standard InChI is InChI=1S/C22H21ClN4O4S2/c1-11-5-13(21(28)27-22(24)25)7-18-19(11)31-20-14(10-33(18,29)30)6-15(8-17(20)23)26-9-16-4-3-12(2)32-16/h3-8,26H,9-10H2,1-2H3,(H4,24,25,27,28). The summed E-state index contributed by atoms with van der Waals surface area (Å²) in [6, 6.07) is 10.2. The Balaban J connectivity index is 1.72. The van der Waals surface area contributed by atoms with Crippen molar-refractivity contribution in [2.45, 2.75) is 31.0 Å². The Kier molecular flexibility index (Phi) is 6.08. The number of guanidine groups is 1. The number of rotatable bonds is 4. The Morgan fingerprint density at radius 3 is 2.61 bits per heavy atom. The number of amides is 1. The Labute approximate surface area is 200 Å². The van der Waals surface area contributed by atoms with Gasteiger partial charge in [0.2, 0.25) is 0 Å². The number of nitrogens with zero attached hydrogens (tertiary/aromatic N) is 1. The smallest absolute Gasteiger partial charge is 0.280 e. The topological polar surface area (TPSA) is 137 Å². The number of benzene rings is 2. The first-order valence-electron chi connectivity index (χ1n) is 9.84. The molecule has 0 bridgehead atoms. The zero-order valence-electron chi connectivity index (χ0n) is 17.8. The molecule has 172 valence electrons. The second kappa shape index (κ2) is 8.69. The van der Waals surface area contributed by atoms with Gasteiger partial charge in [0, 0.05) is 33.1 Å². The zero-order chi connectivity index (χ0) is 23.9. The first-order valence-corrected chi connectivity index (χ1v) is 12.7. The molecule has 0 aliphatic carbocycles. The van der Waals surface area contributed by atoms with Gasteiger partial charge in [-0.15, -0.1) is 11.3 Å². The van der Waals surface area contributed by atoms with Crippen molar-refractivity contribution < 1.29 is 17.9 Å². The highest BCUT2D eigenvalue weighted by Gasteiger charge is 2.31. The zero-order valence-corrected chi connectivity index (χ0v) is 20.2. The molecule has 5 N–H and O–H groups in total. The average molecular weight is 505 g/mol. The van der Waals surface area contributed by atoms with Crippen molar-refractivity contribution >= 4 is 50.3 Å². The summed E-state index contributed by atoms with van der Waals surface area (Å²) in [7, 11) is -3.87. The lowest BCUT2D eigenvalue weighted by Gasteiger charge is -2.14. The quantitative estimate of drug-likeness (QED) is 0.359. The number of sulfone groups is 1. The molecule has 0 unspecified atom stereocenters. The van der Waals surface area contributed by atoms with Gasteiger partial charge in [-0.1, -0.05) is 11.6 Å². The molecule has 11 heteroatoms. The van der Waals surface area contributed by atoms with Crippen LogP contribution in [0.4, 0.5) is 5.69 Å². The normalized spacial score (nSPS) is 13.8. The number of thiophene rings is 1. The van der Waals surface area contributed by atoms with Crippen molar-refractivity contribution in [2.24, 2.45) is 16.5 Å². The van der Waals surface area contributed by atoms with Crippen LogP contribution in [0.5, 0.6) is 11.5 Å². The second-order valence-corrected chi connectivity index (χ2v) is 11.4. The fourth-order valence-electron chi connectivity index (χ4n) is 3.54. The highest BCUT2D eigenvalue weighted by molar-refractivity contribution is 7.90. The van der Waals surface area contributed by atoms with Crippen LogP contribution in [0, 0.1) is 13.8 Å². The van der Waals surface area contributed by atoms with E-state index >= 15 is 0 Å². The van der Waals surface area contributed by atoms with Crippen LogP contribution >= 0.6 is 22.9 Å². The van der Waals surface area contributed by atoms with Gasteiger partial charge in [-0.3, -0.25) is 4.79 Å². The third-order valence-corrected chi connectivity index (χ3v) is 7.93. The van der Waals surface area contributed by atoms with Crippen LogP contribution < -0.4 is 21.5 Å². The van der Waals surface area contributed by atoms with Gasteiger partial charge in [-0.05, 0) is 55.8 Å². The van der Waals surface area contributed by atoms with Gasteiger partial charge in [-0.2, -0.15) is 4.99 Å². The average Bonchev–Trinajstić information content (AvgIpc) is 3.08. The molecular formula is C22H21ClN4O4S2. The van der Waals surface area contributed by atoms with Crippen molar-refractivity contribution in [3.05, 3.63) is 67.9 Å². The fraction of sp³-hybridized carbons (Fsp3) is 0.182. The number of aryl methyl sites for hydroxylation is 2. The van der Waals surface area contributed by atoms with Crippen LogP contribution in [0.2, 0.25) is 5.02 Å². The summed E-state index contributed by atoms with van der Waals surface area (Å²) >= 11 is 8.17. The van der Waals surface area contributed by atoms with Crippen LogP contribution in [-0.4, -0.2) is 20.3 Å². The number of nitrogens with one attached hydrogen (secondary N) is 1. The number of nitrogens with two attached hydrogens (primary N) is 2. The van der Waals surface area contributed by atoms with Crippen LogP contribution in [0.3, 0.4) is 0 Å². The minimum atomic E-state index is -3.87. The van der Waals surface area contributed by atoms with Gasteiger partial charge in [0.05, 0.1) is 10.8 Å². The van der Waals surface area contributed by atoms with Crippen molar-refractivity contribution in [1.82, 2.24) is 0 Å². The van der Waals surface area contributed by atoms with Crippen molar-refractivity contribution in [1.29, 1.82) is 0 Å². The SMILES string of the molecule is Cc1ccc(CNc2cc(Cl)c3c(c2)CS(=O)(=O)c2cc(C(=O)N=C(N)N)cc(C)c2O3)s1.